The molecule has 4 rings (SSSR count). The molecule has 2 aromatic carbocycles. The van der Waals surface area contributed by atoms with Crippen molar-refractivity contribution in [3.63, 3.8) is 0 Å². The van der Waals surface area contributed by atoms with Gasteiger partial charge in [0, 0.05) is 39.1 Å². The third-order valence-corrected chi connectivity index (χ3v) is 5.33. The van der Waals surface area contributed by atoms with Gasteiger partial charge in [-0.1, -0.05) is 42.5 Å². The van der Waals surface area contributed by atoms with E-state index in [1.54, 1.807) is 7.05 Å². The normalized spacial score (nSPS) is 11.4. The van der Waals surface area contributed by atoms with Gasteiger partial charge in [0.15, 0.2) is 5.96 Å². The molecule has 2 aromatic heterocycles. The van der Waals surface area contributed by atoms with Crippen molar-refractivity contribution in [2.24, 2.45) is 4.99 Å². The van der Waals surface area contributed by atoms with Gasteiger partial charge in [0.2, 0.25) is 0 Å². The van der Waals surface area contributed by atoms with Crippen molar-refractivity contribution in [2.45, 2.75) is 33.0 Å². The number of nitrogens with zero attached hydrogens (tertiary/aromatic N) is 5. The molecule has 4 aromatic rings. The van der Waals surface area contributed by atoms with Crippen molar-refractivity contribution in [1.29, 1.82) is 0 Å². The molecule has 0 atom stereocenters. The van der Waals surface area contributed by atoms with Gasteiger partial charge < -0.3 is 19.8 Å². The number of hydrogen-bond acceptors (Lipinski definition) is 3. The number of nitrogens with one attached hydrogen (secondary N) is 2. The summed E-state index contributed by atoms with van der Waals surface area (Å²) in [5, 5.41) is 6.77. The standard InChI is InChI=1S/C24H29N7.HI/c1-19-29-21-11-6-7-12-22(21)31(19)15-8-13-27-24(25-2)28-17-23-26-14-16-30(23)18-20-9-4-3-5-10-20;/h3-7,9-12,14,16H,8,13,15,17-18H2,1-2H3,(H2,25,27,28);1H. The number of imidazole rings is 2. The van der Waals surface area contributed by atoms with Crippen molar-refractivity contribution < 1.29 is 0 Å². The van der Waals surface area contributed by atoms with Gasteiger partial charge >= 0.3 is 0 Å². The fraction of sp³-hybridized carbons (Fsp3) is 0.292. The van der Waals surface area contributed by atoms with Crippen molar-refractivity contribution in [3.05, 3.63) is 84.2 Å². The van der Waals surface area contributed by atoms with Gasteiger partial charge in [-0.15, -0.1) is 24.0 Å². The molecule has 0 aliphatic carbocycles. The largest absolute Gasteiger partial charge is 0.356 e. The van der Waals surface area contributed by atoms with Gasteiger partial charge in [-0.2, -0.15) is 0 Å². The first-order valence-electron chi connectivity index (χ1n) is 10.6. The van der Waals surface area contributed by atoms with Crippen LogP contribution in [0.2, 0.25) is 0 Å². The molecule has 168 valence electrons. The molecule has 0 aliphatic heterocycles. The number of para-hydroxylation sites is 2. The predicted octanol–water partition coefficient (Wildman–Crippen LogP) is 3.96. The van der Waals surface area contributed by atoms with E-state index >= 15 is 0 Å². The maximum atomic E-state index is 4.64. The average molecular weight is 543 g/mol. The monoisotopic (exact) mass is 543 g/mol. The van der Waals surface area contributed by atoms with E-state index in [4.69, 9.17) is 0 Å². The Hall–Kier alpha value is -2.88. The predicted molar refractivity (Wildman–Crippen MR) is 140 cm³/mol. The highest BCUT2D eigenvalue weighted by molar-refractivity contribution is 14.0. The van der Waals surface area contributed by atoms with Crippen LogP contribution in [0.5, 0.6) is 0 Å². The van der Waals surface area contributed by atoms with Gasteiger partial charge in [0.25, 0.3) is 0 Å². The number of benzene rings is 2. The highest BCUT2D eigenvalue weighted by Gasteiger charge is 2.07. The summed E-state index contributed by atoms with van der Waals surface area (Å²) in [5.74, 6) is 2.81. The molecular weight excluding hydrogens is 513 g/mol. The van der Waals surface area contributed by atoms with Crippen LogP contribution in [-0.4, -0.2) is 38.7 Å². The fourth-order valence-corrected chi connectivity index (χ4v) is 3.74. The smallest absolute Gasteiger partial charge is 0.191 e. The molecule has 2 heterocycles. The number of aromatic nitrogens is 4. The van der Waals surface area contributed by atoms with Crippen LogP contribution in [0.3, 0.4) is 0 Å². The van der Waals surface area contributed by atoms with Crippen LogP contribution in [-0.2, 0) is 19.6 Å². The van der Waals surface area contributed by atoms with Crippen molar-refractivity contribution in [2.75, 3.05) is 13.6 Å². The molecular formula is C24H30IN7. The van der Waals surface area contributed by atoms with E-state index in [-0.39, 0.29) is 24.0 Å². The molecule has 0 aliphatic rings. The Labute approximate surface area is 206 Å². The van der Waals surface area contributed by atoms with Crippen LogP contribution in [0.4, 0.5) is 0 Å². The van der Waals surface area contributed by atoms with Crippen LogP contribution in [0.25, 0.3) is 11.0 Å². The van der Waals surface area contributed by atoms with Crippen LogP contribution >= 0.6 is 24.0 Å². The van der Waals surface area contributed by atoms with Crippen LogP contribution in [0, 0.1) is 6.92 Å². The Bertz CT molecular complexity index is 1150. The molecule has 0 unspecified atom stereocenters. The lowest BCUT2D eigenvalue weighted by atomic mass is 10.2. The van der Waals surface area contributed by atoms with Gasteiger partial charge in [0.1, 0.15) is 11.6 Å². The van der Waals surface area contributed by atoms with E-state index < -0.39 is 0 Å². The summed E-state index contributed by atoms with van der Waals surface area (Å²) in [6.45, 7) is 5.22. The van der Waals surface area contributed by atoms with E-state index in [9.17, 15) is 0 Å². The van der Waals surface area contributed by atoms with Crippen LogP contribution < -0.4 is 10.6 Å². The highest BCUT2D eigenvalue weighted by atomic mass is 127. The summed E-state index contributed by atoms with van der Waals surface area (Å²) in [5.41, 5.74) is 3.50. The van der Waals surface area contributed by atoms with Gasteiger partial charge in [-0.05, 0) is 31.0 Å². The molecule has 0 saturated carbocycles. The summed E-state index contributed by atoms with van der Waals surface area (Å²) >= 11 is 0. The van der Waals surface area contributed by atoms with Crippen LogP contribution in [0.15, 0.2) is 72.0 Å². The molecule has 0 bridgehead atoms. The number of guanidine groups is 1. The molecule has 8 heteroatoms. The first-order chi connectivity index (χ1) is 15.2. The lowest BCUT2D eigenvalue weighted by Crippen LogP contribution is -2.38. The molecule has 0 spiro atoms. The third kappa shape index (κ3) is 5.87. The first-order valence-corrected chi connectivity index (χ1v) is 10.6. The zero-order valence-electron chi connectivity index (χ0n) is 18.5. The fourth-order valence-electron chi connectivity index (χ4n) is 3.74. The minimum absolute atomic E-state index is 0. The van der Waals surface area contributed by atoms with E-state index in [0.717, 1.165) is 49.2 Å². The van der Waals surface area contributed by atoms with Gasteiger partial charge in [0.05, 0.1) is 17.6 Å². The zero-order chi connectivity index (χ0) is 21.5. The molecule has 7 nitrogen and oxygen atoms in total. The average Bonchev–Trinajstić information content (AvgIpc) is 3.37. The number of hydrogen-bond donors (Lipinski definition) is 2. The number of aliphatic imine (C=N–C) groups is 1. The number of rotatable bonds is 8. The maximum absolute atomic E-state index is 4.64. The van der Waals surface area contributed by atoms with Crippen molar-refractivity contribution in [1.82, 2.24) is 29.7 Å². The summed E-state index contributed by atoms with van der Waals surface area (Å²) in [4.78, 5) is 13.5. The number of halogens is 1. The SMILES string of the molecule is CN=C(NCCCn1c(C)nc2ccccc21)NCc1nccn1Cc1ccccc1.I. The Morgan fingerprint density at radius 2 is 1.81 bits per heavy atom. The Balaban J connectivity index is 0.00000289. The lowest BCUT2D eigenvalue weighted by Gasteiger charge is -2.13. The number of aryl methyl sites for hydroxylation is 2. The molecule has 0 fully saturated rings. The second-order valence-electron chi connectivity index (χ2n) is 7.46. The molecule has 2 N–H and O–H groups in total. The third-order valence-electron chi connectivity index (χ3n) is 5.33. The number of fused-ring (bicyclic) bond motifs is 1. The zero-order valence-corrected chi connectivity index (χ0v) is 20.9. The van der Waals surface area contributed by atoms with Gasteiger partial charge in [-0.25, -0.2) is 9.97 Å². The summed E-state index contributed by atoms with van der Waals surface area (Å²) in [7, 11) is 1.79. The van der Waals surface area contributed by atoms with Gasteiger partial charge in [-0.3, -0.25) is 4.99 Å². The van der Waals surface area contributed by atoms with E-state index in [1.165, 1.54) is 11.1 Å². The van der Waals surface area contributed by atoms with Crippen molar-refractivity contribution in [3.8, 4) is 0 Å². The summed E-state index contributed by atoms with van der Waals surface area (Å²) in [6, 6.07) is 18.7. The Morgan fingerprint density at radius 3 is 2.62 bits per heavy atom. The molecule has 0 amide bonds. The minimum Gasteiger partial charge on any atom is -0.356 e. The second-order valence-corrected chi connectivity index (χ2v) is 7.46. The molecule has 0 saturated heterocycles. The van der Waals surface area contributed by atoms with E-state index in [0.29, 0.717) is 6.54 Å². The topological polar surface area (TPSA) is 72.1 Å². The maximum Gasteiger partial charge on any atom is 0.191 e. The lowest BCUT2D eigenvalue weighted by molar-refractivity contribution is 0.621. The Kier molecular flexibility index (Phi) is 8.66. The van der Waals surface area contributed by atoms with E-state index in [1.807, 2.05) is 24.5 Å². The van der Waals surface area contributed by atoms with Crippen LogP contribution in [0.1, 0.15) is 23.6 Å². The minimum atomic E-state index is 0. The quantitative estimate of drug-likeness (QED) is 0.153. The molecule has 32 heavy (non-hydrogen) atoms. The highest BCUT2D eigenvalue weighted by Crippen LogP contribution is 2.15. The van der Waals surface area contributed by atoms with Crippen molar-refractivity contribution >= 4 is 41.0 Å². The summed E-state index contributed by atoms with van der Waals surface area (Å²) < 4.78 is 4.43. The molecule has 0 radical (unpaired) electrons. The van der Waals surface area contributed by atoms with E-state index in [2.05, 4.69) is 84.1 Å². The first kappa shape index (κ1) is 23.8. The summed E-state index contributed by atoms with van der Waals surface area (Å²) in [6.07, 6.45) is 4.83. The Morgan fingerprint density at radius 1 is 1.03 bits per heavy atom. The second kappa shape index (κ2) is 11.7.